The summed E-state index contributed by atoms with van der Waals surface area (Å²) in [4.78, 5) is 11.7. The number of hydrogen-bond donors (Lipinski definition) is 1. The van der Waals surface area contributed by atoms with Crippen molar-refractivity contribution < 1.29 is 9.62 Å². The Morgan fingerprint density at radius 1 is 1.19 bits per heavy atom. The zero-order valence-electron chi connectivity index (χ0n) is 8.20. The van der Waals surface area contributed by atoms with Gasteiger partial charge in [-0.1, -0.05) is 12.1 Å². The SMILES string of the molecule is O=c1oc2ccccc2n1-c1ccn(O)c1. The molecule has 3 aromatic rings. The lowest BCUT2D eigenvalue weighted by atomic mass is 10.3. The Hall–Kier alpha value is -2.43. The van der Waals surface area contributed by atoms with Crippen LogP contribution in [-0.2, 0) is 0 Å². The molecular weight excluding hydrogens is 208 g/mol. The highest BCUT2D eigenvalue weighted by molar-refractivity contribution is 5.74. The van der Waals surface area contributed by atoms with E-state index in [9.17, 15) is 10.0 Å². The van der Waals surface area contributed by atoms with Crippen LogP contribution in [0.25, 0.3) is 16.8 Å². The van der Waals surface area contributed by atoms with Gasteiger partial charge >= 0.3 is 5.76 Å². The van der Waals surface area contributed by atoms with Crippen molar-refractivity contribution in [2.75, 3.05) is 0 Å². The molecule has 5 heteroatoms. The first-order valence-electron chi connectivity index (χ1n) is 4.74. The fourth-order valence-corrected chi connectivity index (χ4v) is 1.72. The van der Waals surface area contributed by atoms with Crippen LogP contribution in [0.5, 0.6) is 0 Å². The van der Waals surface area contributed by atoms with Gasteiger partial charge in [-0.05, 0) is 18.2 Å². The number of benzene rings is 1. The molecule has 16 heavy (non-hydrogen) atoms. The van der Waals surface area contributed by atoms with Crippen molar-refractivity contribution in [2.24, 2.45) is 0 Å². The van der Waals surface area contributed by atoms with E-state index in [1.165, 1.54) is 17.0 Å². The molecule has 0 atom stereocenters. The van der Waals surface area contributed by atoms with Crippen molar-refractivity contribution >= 4 is 11.1 Å². The van der Waals surface area contributed by atoms with Gasteiger partial charge in [-0.2, -0.15) is 4.73 Å². The summed E-state index contributed by atoms with van der Waals surface area (Å²) in [5.41, 5.74) is 1.77. The monoisotopic (exact) mass is 216 g/mol. The number of aromatic nitrogens is 2. The maximum Gasteiger partial charge on any atom is 0.424 e. The lowest BCUT2D eigenvalue weighted by Crippen LogP contribution is -2.10. The summed E-state index contributed by atoms with van der Waals surface area (Å²) < 4.78 is 7.38. The molecule has 0 bridgehead atoms. The predicted octanol–water partition coefficient (Wildman–Crippen LogP) is 1.62. The van der Waals surface area contributed by atoms with E-state index in [0.717, 1.165) is 4.73 Å². The van der Waals surface area contributed by atoms with Crippen LogP contribution in [0.1, 0.15) is 0 Å². The van der Waals surface area contributed by atoms with Crippen LogP contribution in [0.2, 0.25) is 0 Å². The topological polar surface area (TPSA) is 60.3 Å². The quantitative estimate of drug-likeness (QED) is 0.629. The Kier molecular flexibility index (Phi) is 1.67. The molecule has 0 amide bonds. The summed E-state index contributed by atoms with van der Waals surface area (Å²) in [5, 5.41) is 9.19. The van der Waals surface area contributed by atoms with Gasteiger partial charge < -0.3 is 9.62 Å². The normalized spacial score (nSPS) is 11.0. The van der Waals surface area contributed by atoms with Gasteiger partial charge in [-0.3, -0.25) is 0 Å². The number of para-hydroxylation sites is 2. The summed E-state index contributed by atoms with van der Waals surface area (Å²) in [6, 6.07) is 8.76. The standard InChI is InChI=1S/C11H8N2O3/c14-11-13(8-5-6-12(15)7-8)9-3-1-2-4-10(9)16-11/h1-7,15H. The van der Waals surface area contributed by atoms with Crippen LogP contribution in [-0.4, -0.2) is 14.5 Å². The molecule has 0 spiro atoms. The van der Waals surface area contributed by atoms with Gasteiger partial charge in [0.25, 0.3) is 0 Å². The molecule has 5 nitrogen and oxygen atoms in total. The van der Waals surface area contributed by atoms with Gasteiger partial charge in [0, 0.05) is 6.20 Å². The average molecular weight is 216 g/mol. The lowest BCUT2D eigenvalue weighted by Gasteiger charge is -1.96. The van der Waals surface area contributed by atoms with Crippen LogP contribution in [0.3, 0.4) is 0 Å². The second kappa shape index (κ2) is 3.03. The second-order valence-corrected chi connectivity index (χ2v) is 3.42. The number of hydrogen-bond acceptors (Lipinski definition) is 3. The number of rotatable bonds is 1. The molecule has 2 aromatic heterocycles. The molecule has 2 heterocycles. The Labute approximate surface area is 89.7 Å². The summed E-state index contributed by atoms with van der Waals surface area (Å²) in [5.74, 6) is -0.465. The Morgan fingerprint density at radius 2 is 2.00 bits per heavy atom. The summed E-state index contributed by atoms with van der Waals surface area (Å²) in [6.07, 6.45) is 2.88. The molecule has 1 aromatic carbocycles. The molecule has 0 saturated heterocycles. The maximum absolute atomic E-state index is 11.7. The van der Waals surface area contributed by atoms with Crippen molar-refractivity contribution in [1.29, 1.82) is 0 Å². The molecule has 0 aliphatic carbocycles. The van der Waals surface area contributed by atoms with E-state index >= 15 is 0 Å². The number of nitrogens with zero attached hydrogens (tertiary/aromatic N) is 2. The second-order valence-electron chi connectivity index (χ2n) is 3.42. The molecule has 0 fully saturated rings. The van der Waals surface area contributed by atoms with E-state index in [0.29, 0.717) is 16.8 Å². The molecular formula is C11H8N2O3. The van der Waals surface area contributed by atoms with E-state index in [4.69, 9.17) is 4.42 Å². The average Bonchev–Trinajstić information content (AvgIpc) is 2.80. The smallest absolute Gasteiger partial charge is 0.424 e. The van der Waals surface area contributed by atoms with Gasteiger partial charge in [-0.25, -0.2) is 9.36 Å². The fraction of sp³-hybridized carbons (Fsp3) is 0. The molecule has 0 unspecified atom stereocenters. The van der Waals surface area contributed by atoms with E-state index in [-0.39, 0.29) is 0 Å². The van der Waals surface area contributed by atoms with Crippen LogP contribution < -0.4 is 5.76 Å². The van der Waals surface area contributed by atoms with E-state index < -0.39 is 5.76 Å². The number of fused-ring (bicyclic) bond motifs is 1. The van der Waals surface area contributed by atoms with Crippen LogP contribution in [0.15, 0.2) is 51.9 Å². The highest BCUT2D eigenvalue weighted by Crippen LogP contribution is 2.16. The summed E-state index contributed by atoms with van der Waals surface area (Å²) in [6.45, 7) is 0. The minimum absolute atomic E-state index is 0.465. The predicted molar refractivity (Wildman–Crippen MR) is 57.0 cm³/mol. The summed E-state index contributed by atoms with van der Waals surface area (Å²) in [7, 11) is 0. The molecule has 3 rings (SSSR count). The number of oxazole rings is 1. The first kappa shape index (κ1) is 8.84. The molecule has 0 aliphatic rings. The largest absolute Gasteiger partial charge is 0.429 e. The molecule has 0 radical (unpaired) electrons. The van der Waals surface area contributed by atoms with Crippen LogP contribution >= 0.6 is 0 Å². The Balaban J connectivity index is 2.39. The van der Waals surface area contributed by atoms with Crippen molar-refractivity contribution in [1.82, 2.24) is 9.30 Å². The van der Waals surface area contributed by atoms with Gasteiger partial charge in [0.05, 0.1) is 17.4 Å². The highest BCUT2D eigenvalue weighted by Gasteiger charge is 2.10. The van der Waals surface area contributed by atoms with Gasteiger partial charge in [-0.15, -0.1) is 0 Å². The van der Waals surface area contributed by atoms with Crippen molar-refractivity contribution in [3.63, 3.8) is 0 Å². The van der Waals surface area contributed by atoms with Crippen molar-refractivity contribution in [3.05, 3.63) is 53.3 Å². The van der Waals surface area contributed by atoms with Gasteiger partial charge in [0.2, 0.25) is 0 Å². The van der Waals surface area contributed by atoms with E-state index in [1.807, 2.05) is 6.07 Å². The molecule has 80 valence electrons. The molecule has 0 aliphatic heterocycles. The minimum Gasteiger partial charge on any atom is -0.429 e. The molecule has 0 saturated carbocycles. The van der Waals surface area contributed by atoms with E-state index in [1.54, 1.807) is 24.3 Å². The zero-order valence-corrected chi connectivity index (χ0v) is 8.20. The lowest BCUT2D eigenvalue weighted by molar-refractivity contribution is 0.187. The third kappa shape index (κ3) is 1.15. The Bertz CT molecular complexity index is 705. The maximum atomic E-state index is 11.7. The zero-order chi connectivity index (χ0) is 11.1. The Morgan fingerprint density at radius 3 is 2.75 bits per heavy atom. The third-order valence-corrected chi connectivity index (χ3v) is 2.41. The van der Waals surface area contributed by atoms with Crippen molar-refractivity contribution in [3.8, 4) is 5.69 Å². The first-order chi connectivity index (χ1) is 7.75. The summed E-state index contributed by atoms with van der Waals surface area (Å²) >= 11 is 0. The minimum atomic E-state index is -0.465. The van der Waals surface area contributed by atoms with Crippen molar-refractivity contribution in [2.45, 2.75) is 0 Å². The van der Waals surface area contributed by atoms with Gasteiger partial charge in [0.1, 0.15) is 0 Å². The first-order valence-corrected chi connectivity index (χ1v) is 4.74. The molecule has 1 N–H and O–H groups in total. The van der Waals surface area contributed by atoms with Crippen LogP contribution in [0, 0.1) is 0 Å². The highest BCUT2D eigenvalue weighted by atomic mass is 16.5. The fourth-order valence-electron chi connectivity index (χ4n) is 1.72. The van der Waals surface area contributed by atoms with Gasteiger partial charge in [0.15, 0.2) is 5.58 Å². The van der Waals surface area contributed by atoms with E-state index in [2.05, 4.69) is 0 Å². The third-order valence-electron chi connectivity index (χ3n) is 2.41. The van der Waals surface area contributed by atoms with Crippen LogP contribution in [0.4, 0.5) is 0 Å².